The average Bonchev–Trinajstić information content (AvgIpc) is 3.68. The van der Waals surface area contributed by atoms with Crippen molar-refractivity contribution in [3.8, 4) is 0 Å². The maximum atomic E-state index is 13.5. The van der Waals surface area contributed by atoms with Crippen molar-refractivity contribution >= 4 is 44.8 Å². The number of carbonyl (C=O) groups is 2. The summed E-state index contributed by atoms with van der Waals surface area (Å²) < 4.78 is 4.13. The van der Waals surface area contributed by atoms with Crippen LogP contribution < -0.4 is 10.6 Å². The number of imidazole rings is 2. The highest BCUT2D eigenvalue weighted by Crippen LogP contribution is 2.34. The van der Waals surface area contributed by atoms with Crippen LogP contribution in [0.3, 0.4) is 0 Å². The Morgan fingerprint density at radius 2 is 1.92 bits per heavy atom. The van der Waals surface area contributed by atoms with Gasteiger partial charge in [0.15, 0.2) is 4.96 Å². The Morgan fingerprint density at radius 3 is 2.72 bits per heavy atom. The number of nitrogens with zero attached hydrogens (tertiary/aromatic N) is 4. The molecule has 182 valence electrons. The Bertz CT molecular complexity index is 1520. The molecule has 1 saturated carbocycles. The number of hydrogen-bond donors (Lipinski definition) is 2. The van der Waals surface area contributed by atoms with E-state index in [2.05, 4.69) is 25.2 Å². The van der Waals surface area contributed by atoms with Crippen molar-refractivity contribution in [1.82, 2.24) is 24.3 Å². The monoisotopic (exact) mass is 498 g/mol. The van der Waals surface area contributed by atoms with E-state index >= 15 is 0 Å². The highest BCUT2D eigenvalue weighted by molar-refractivity contribution is 7.15. The van der Waals surface area contributed by atoms with Gasteiger partial charge in [-0.3, -0.25) is 14.0 Å². The number of benzene rings is 2. The molecule has 0 spiro atoms. The van der Waals surface area contributed by atoms with Gasteiger partial charge >= 0.3 is 0 Å². The Balaban J connectivity index is 1.27. The second kappa shape index (κ2) is 9.58. The van der Waals surface area contributed by atoms with E-state index in [0.29, 0.717) is 41.3 Å². The highest BCUT2D eigenvalue weighted by Gasteiger charge is 2.23. The summed E-state index contributed by atoms with van der Waals surface area (Å²) in [5, 5.41) is 7.99. The zero-order chi connectivity index (χ0) is 24.5. The first-order chi connectivity index (χ1) is 17.7. The van der Waals surface area contributed by atoms with Crippen molar-refractivity contribution in [3.63, 3.8) is 0 Å². The van der Waals surface area contributed by atoms with E-state index in [1.54, 1.807) is 29.5 Å². The molecule has 0 unspecified atom stereocenters. The van der Waals surface area contributed by atoms with Crippen LogP contribution in [0.2, 0.25) is 0 Å². The second-order valence-electron chi connectivity index (χ2n) is 9.13. The van der Waals surface area contributed by atoms with Gasteiger partial charge in [0.25, 0.3) is 11.8 Å². The molecule has 1 aliphatic rings. The Kier molecular flexibility index (Phi) is 5.98. The van der Waals surface area contributed by atoms with E-state index in [1.807, 2.05) is 52.8 Å². The molecule has 0 saturated heterocycles. The van der Waals surface area contributed by atoms with E-state index < -0.39 is 0 Å². The predicted octanol–water partition coefficient (Wildman–Crippen LogP) is 5.09. The normalized spacial score (nSPS) is 14.0. The standard InChI is InChI=1S/C27H26N6O2S/c34-25(18-6-2-1-3-7-18)30-20-14-22(24-23(15-20)29-17-33(24)21-8-4-5-9-21)26(35)28-11-10-19-16-32-12-13-36-27(32)31-19/h1-3,6-7,12-17,21H,4-5,8-11H2,(H,28,35)(H,30,34). The number of rotatable bonds is 7. The molecule has 3 heterocycles. The summed E-state index contributed by atoms with van der Waals surface area (Å²) in [7, 11) is 0. The van der Waals surface area contributed by atoms with Gasteiger partial charge in [-0.2, -0.15) is 0 Å². The molecule has 2 N–H and O–H groups in total. The van der Waals surface area contributed by atoms with E-state index in [-0.39, 0.29) is 11.8 Å². The first-order valence-corrected chi connectivity index (χ1v) is 13.1. The molecule has 36 heavy (non-hydrogen) atoms. The summed E-state index contributed by atoms with van der Waals surface area (Å²) in [4.78, 5) is 36.4. The third-order valence-electron chi connectivity index (χ3n) is 6.74. The number of carbonyl (C=O) groups excluding carboxylic acids is 2. The van der Waals surface area contributed by atoms with Crippen LogP contribution in [0.4, 0.5) is 5.69 Å². The minimum absolute atomic E-state index is 0.184. The topological polar surface area (TPSA) is 93.3 Å². The van der Waals surface area contributed by atoms with Crippen molar-refractivity contribution in [1.29, 1.82) is 0 Å². The molecule has 2 aromatic carbocycles. The molecule has 0 atom stereocenters. The molecule has 0 bridgehead atoms. The predicted molar refractivity (Wildman–Crippen MR) is 141 cm³/mol. The Morgan fingerprint density at radius 1 is 1.08 bits per heavy atom. The Hall–Kier alpha value is -3.98. The zero-order valence-corrected chi connectivity index (χ0v) is 20.5. The van der Waals surface area contributed by atoms with Gasteiger partial charge in [0, 0.05) is 48.0 Å². The molecule has 1 aliphatic carbocycles. The SMILES string of the molecule is O=C(Nc1cc(C(=O)NCCc2cn3ccsc3n2)c2c(c1)ncn2C1CCCC1)c1ccccc1. The van der Waals surface area contributed by atoms with E-state index in [0.717, 1.165) is 29.0 Å². The summed E-state index contributed by atoms with van der Waals surface area (Å²) in [5.74, 6) is -0.409. The van der Waals surface area contributed by atoms with Crippen LogP contribution in [0, 0.1) is 0 Å². The van der Waals surface area contributed by atoms with E-state index in [4.69, 9.17) is 0 Å². The summed E-state index contributed by atoms with van der Waals surface area (Å²) in [6.45, 7) is 0.462. The van der Waals surface area contributed by atoms with Gasteiger partial charge < -0.3 is 15.2 Å². The molecule has 6 rings (SSSR count). The first-order valence-electron chi connectivity index (χ1n) is 12.2. The molecule has 5 aromatic rings. The minimum Gasteiger partial charge on any atom is -0.352 e. The fourth-order valence-corrected chi connectivity index (χ4v) is 5.68. The fraction of sp³-hybridized carbons (Fsp3) is 0.259. The number of nitrogens with one attached hydrogen (secondary N) is 2. The third kappa shape index (κ3) is 4.37. The van der Waals surface area contributed by atoms with Gasteiger partial charge in [-0.15, -0.1) is 11.3 Å². The van der Waals surface area contributed by atoms with Crippen LogP contribution >= 0.6 is 11.3 Å². The molecule has 9 heteroatoms. The van der Waals surface area contributed by atoms with Gasteiger partial charge in [0.05, 0.1) is 28.6 Å². The second-order valence-corrected chi connectivity index (χ2v) is 10.0. The lowest BCUT2D eigenvalue weighted by atomic mass is 10.1. The van der Waals surface area contributed by atoms with Gasteiger partial charge in [0.2, 0.25) is 0 Å². The molecule has 0 aliphatic heterocycles. The minimum atomic E-state index is -0.226. The van der Waals surface area contributed by atoms with Crippen molar-refractivity contribution in [3.05, 3.63) is 83.4 Å². The van der Waals surface area contributed by atoms with Gasteiger partial charge in [-0.25, -0.2) is 9.97 Å². The number of fused-ring (bicyclic) bond motifs is 2. The van der Waals surface area contributed by atoms with Crippen LogP contribution in [0.5, 0.6) is 0 Å². The summed E-state index contributed by atoms with van der Waals surface area (Å²) >= 11 is 1.59. The van der Waals surface area contributed by atoms with Crippen LogP contribution in [0.25, 0.3) is 16.0 Å². The summed E-state index contributed by atoms with van der Waals surface area (Å²) in [6.07, 6.45) is 11.0. The largest absolute Gasteiger partial charge is 0.352 e. The molecule has 2 amide bonds. The number of hydrogen-bond acceptors (Lipinski definition) is 5. The quantitative estimate of drug-likeness (QED) is 0.327. The van der Waals surface area contributed by atoms with E-state index in [9.17, 15) is 9.59 Å². The molecule has 0 radical (unpaired) electrons. The van der Waals surface area contributed by atoms with Crippen molar-refractivity contribution < 1.29 is 9.59 Å². The smallest absolute Gasteiger partial charge is 0.255 e. The third-order valence-corrected chi connectivity index (χ3v) is 7.51. The van der Waals surface area contributed by atoms with Gasteiger partial charge in [-0.1, -0.05) is 31.0 Å². The Labute approximate surface area is 212 Å². The fourth-order valence-electron chi connectivity index (χ4n) is 4.96. The lowest BCUT2D eigenvalue weighted by Gasteiger charge is -2.16. The zero-order valence-electron chi connectivity index (χ0n) is 19.7. The lowest BCUT2D eigenvalue weighted by Crippen LogP contribution is -2.27. The number of aromatic nitrogens is 4. The number of anilines is 1. The van der Waals surface area contributed by atoms with Crippen molar-refractivity contribution in [2.45, 2.75) is 38.1 Å². The highest BCUT2D eigenvalue weighted by atomic mass is 32.1. The van der Waals surface area contributed by atoms with Crippen LogP contribution in [-0.4, -0.2) is 37.3 Å². The molecular weight excluding hydrogens is 472 g/mol. The van der Waals surface area contributed by atoms with Crippen molar-refractivity contribution in [2.75, 3.05) is 11.9 Å². The average molecular weight is 499 g/mol. The van der Waals surface area contributed by atoms with E-state index in [1.165, 1.54) is 12.8 Å². The van der Waals surface area contributed by atoms with Crippen LogP contribution in [-0.2, 0) is 6.42 Å². The van der Waals surface area contributed by atoms with Crippen LogP contribution in [0.1, 0.15) is 58.1 Å². The molecule has 8 nitrogen and oxygen atoms in total. The first kappa shape index (κ1) is 22.5. The summed E-state index contributed by atoms with van der Waals surface area (Å²) in [6, 6.07) is 13.0. The maximum absolute atomic E-state index is 13.5. The molecule has 1 fully saturated rings. The van der Waals surface area contributed by atoms with Crippen molar-refractivity contribution in [2.24, 2.45) is 0 Å². The lowest BCUT2D eigenvalue weighted by molar-refractivity contribution is 0.0953. The molecular formula is C27H26N6O2S. The maximum Gasteiger partial charge on any atom is 0.255 e. The number of thiazole rings is 1. The van der Waals surface area contributed by atoms with Gasteiger partial charge in [0.1, 0.15) is 0 Å². The summed E-state index contributed by atoms with van der Waals surface area (Å²) in [5.41, 5.74) is 4.08. The van der Waals surface area contributed by atoms with Gasteiger partial charge in [-0.05, 0) is 37.1 Å². The molecule has 3 aromatic heterocycles. The van der Waals surface area contributed by atoms with Crippen LogP contribution in [0.15, 0.2) is 66.6 Å². The number of amides is 2.